The minimum absolute atomic E-state index is 0.0884. The summed E-state index contributed by atoms with van der Waals surface area (Å²) in [7, 11) is -1.69. The van der Waals surface area contributed by atoms with Crippen molar-refractivity contribution >= 4 is 51.6 Å². The van der Waals surface area contributed by atoms with Crippen molar-refractivity contribution < 1.29 is 8.39 Å². The molecule has 1 heterocycles. The lowest BCUT2D eigenvalue weighted by atomic mass is 9.99. The van der Waals surface area contributed by atoms with Crippen molar-refractivity contribution in [2.24, 2.45) is 0 Å². The molecule has 3 nitrogen and oxygen atoms in total. The molecular formula is C37H28NO2P. The standard InChI is InChI=1S/C37H28NO2P/c1-3-33(30-18-8-5-9-19-30)38(26(2)27-14-6-4-7-15-27)41-39-34-24-22-28-16-10-12-20-31(28)36(34)37-32-21-13-11-17-29(32)23-25-35(37)40-41/h1,4-26,33H,2H3. The first-order valence-corrected chi connectivity index (χ1v) is 14.9. The zero-order valence-corrected chi connectivity index (χ0v) is 23.5. The van der Waals surface area contributed by atoms with Gasteiger partial charge in [0.1, 0.15) is 17.2 Å². The van der Waals surface area contributed by atoms with Crippen LogP contribution in [-0.4, -0.2) is 0 Å². The van der Waals surface area contributed by atoms with Crippen molar-refractivity contribution in [2.75, 3.05) is 4.67 Å². The molecule has 198 valence electrons. The van der Waals surface area contributed by atoms with Crippen molar-refractivity contribution in [3.63, 3.8) is 0 Å². The molecule has 41 heavy (non-hydrogen) atoms. The van der Waals surface area contributed by atoms with E-state index in [1.807, 2.05) is 24.3 Å². The number of terminal acetylenes is 1. The molecule has 1 aromatic heterocycles. The van der Waals surface area contributed by atoms with Gasteiger partial charge in [-0.05, 0) is 51.7 Å². The topological polar surface area (TPSA) is 29.5 Å². The molecule has 0 amide bonds. The summed E-state index contributed by atoms with van der Waals surface area (Å²) >= 11 is 0. The number of hydrogen-bond acceptors (Lipinski definition) is 3. The zero-order valence-electron chi connectivity index (χ0n) is 22.6. The molecule has 0 bridgehead atoms. The molecular weight excluding hydrogens is 521 g/mol. The lowest BCUT2D eigenvalue weighted by Gasteiger charge is -2.31. The monoisotopic (exact) mass is 549 g/mol. The van der Waals surface area contributed by atoms with Gasteiger partial charge in [0.25, 0.3) is 0 Å². The molecule has 0 saturated heterocycles. The van der Waals surface area contributed by atoms with Crippen LogP contribution >= 0.6 is 8.16 Å². The highest BCUT2D eigenvalue weighted by molar-refractivity contribution is 7.39. The highest BCUT2D eigenvalue weighted by Gasteiger charge is 2.31. The molecule has 7 rings (SSSR count). The maximum atomic E-state index is 6.98. The third-order valence-corrected chi connectivity index (χ3v) is 9.45. The fraction of sp³-hybridized carbons (Fsp3) is 0.0811. The number of rotatable bonds is 5. The zero-order chi connectivity index (χ0) is 27.8. The van der Waals surface area contributed by atoms with Gasteiger partial charge in [-0.15, -0.1) is 6.42 Å². The molecule has 0 saturated carbocycles. The van der Waals surface area contributed by atoms with E-state index in [0.717, 1.165) is 54.6 Å². The first kappa shape index (κ1) is 25.2. The fourth-order valence-corrected chi connectivity index (χ4v) is 7.43. The van der Waals surface area contributed by atoms with Crippen LogP contribution in [0.15, 0.2) is 142 Å². The molecule has 0 fully saturated rings. The van der Waals surface area contributed by atoms with Crippen LogP contribution in [0.3, 0.4) is 0 Å². The minimum atomic E-state index is -1.69. The van der Waals surface area contributed by atoms with Crippen LogP contribution in [0.2, 0.25) is 0 Å². The maximum absolute atomic E-state index is 6.98. The lowest BCUT2D eigenvalue weighted by Crippen LogP contribution is -2.28. The first-order chi connectivity index (χ1) is 20.2. The SMILES string of the molecule is C#CC(c1ccccc1)N(C(C)c1ccccc1)p1oc2ccc3ccccc3c2c2c(ccc3ccccc32)o1. The Balaban J connectivity index is 1.61. The second kappa shape index (κ2) is 10.7. The molecule has 4 heteroatoms. The van der Waals surface area contributed by atoms with E-state index in [2.05, 4.69) is 127 Å². The van der Waals surface area contributed by atoms with E-state index in [1.54, 1.807) is 0 Å². The van der Waals surface area contributed by atoms with Crippen LogP contribution in [0, 0.1) is 12.3 Å². The molecule has 0 aliphatic carbocycles. The second-order valence-corrected chi connectivity index (χ2v) is 11.5. The molecule has 6 aromatic carbocycles. The van der Waals surface area contributed by atoms with Gasteiger partial charge in [-0.2, -0.15) is 4.67 Å². The minimum Gasteiger partial charge on any atom is -0.408 e. The van der Waals surface area contributed by atoms with Crippen LogP contribution < -0.4 is 4.67 Å². The van der Waals surface area contributed by atoms with Crippen molar-refractivity contribution in [3.8, 4) is 12.3 Å². The third kappa shape index (κ3) is 4.48. The Morgan fingerprint density at radius 1 is 0.585 bits per heavy atom. The molecule has 2 unspecified atom stereocenters. The van der Waals surface area contributed by atoms with Crippen molar-refractivity contribution in [2.45, 2.75) is 19.0 Å². The summed E-state index contributed by atoms with van der Waals surface area (Å²) in [6.45, 7) is 2.17. The summed E-state index contributed by atoms with van der Waals surface area (Å²) in [4.78, 5) is 0. The Hall–Kier alpha value is -4.74. The van der Waals surface area contributed by atoms with Crippen LogP contribution in [0.25, 0.3) is 43.5 Å². The first-order valence-electron chi connectivity index (χ1n) is 13.8. The Bertz CT molecular complexity index is 2000. The molecule has 0 aliphatic heterocycles. The van der Waals surface area contributed by atoms with Gasteiger partial charge in [-0.25, -0.2) is 0 Å². The molecule has 7 aromatic rings. The smallest absolute Gasteiger partial charge is 0.311 e. The molecule has 0 aliphatic rings. The van der Waals surface area contributed by atoms with Gasteiger partial charge in [0.05, 0.1) is 0 Å². The average Bonchev–Trinajstić information content (AvgIpc) is 3.21. The van der Waals surface area contributed by atoms with E-state index in [0.29, 0.717) is 0 Å². The summed E-state index contributed by atoms with van der Waals surface area (Å²) in [6, 6.07) is 45.5. The van der Waals surface area contributed by atoms with Crippen molar-refractivity contribution in [1.29, 1.82) is 0 Å². The van der Waals surface area contributed by atoms with Crippen LogP contribution in [-0.2, 0) is 0 Å². The van der Waals surface area contributed by atoms with E-state index in [9.17, 15) is 0 Å². The Kier molecular flexibility index (Phi) is 6.57. The fourth-order valence-electron chi connectivity index (χ4n) is 5.76. The van der Waals surface area contributed by atoms with Gasteiger partial charge in [-0.3, -0.25) is 0 Å². The summed E-state index contributed by atoms with van der Waals surface area (Å²) in [5.74, 6) is 3.08. The maximum Gasteiger partial charge on any atom is 0.311 e. The summed E-state index contributed by atoms with van der Waals surface area (Å²) in [5, 5.41) is 6.65. The predicted octanol–water partition coefficient (Wildman–Crippen LogP) is 10.7. The molecule has 0 radical (unpaired) electrons. The van der Waals surface area contributed by atoms with E-state index < -0.39 is 8.16 Å². The number of fused-ring (bicyclic) bond motifs is 7. The number of hydrogen-bond donors (Lipinski definition) is 0. The lowest BCUT2D eigenvalue weighted by molar-refractivity contribution is 0.580. The molecule has 2 atom stereocenters. The van der Waals surface area contributed by atoms with Gasteiger partial charge >= 0.3 is 8.16 Å². The highest BCUT2D eigenvalue weighted by Crippen LogP contribution is 2.47. The number of nitrogens with zero attached hydrogens (tertiary/aromatic N) is 1. The van der Waals surface area contributed by atoms with Gasteiger partial charge in [0.15, 0.2) is 0 Å². The van der Waals surface area contributed by atoms with Gasteiger partial charge in [-0.1, -0.05) is 127 Å². The van der Waals surface area contributed by atoms with Crippen molar-refractivity contribution in [3.05, 3.63) is 145 Å². The Morgan fingerprint density at radius 2 is 1.05 bits per heavy atom. The normalized spacial score (nSPS) is 13.0. The second-order valence-electron chi connectivity index (χ2n) is 10.2. The quantitative estimate of drug-likeness (QED) is 0.200. The van der Waals surface area contributed by atoms with Gasteiger partial charge in [0.2, 0.25) is 0 Å². The van der Waals surface area contributed by atoms with Crippen LogP contribution in [0.5, 0.6) is 0 Å². The summed E-state index contributed by atoms with van der Waals surface area (Å²) in [6.07, 6.45) is 6.31. The van der Waals surface area contributed by atoms with Crippen molar-refractivity contribution in [1.82, 2.24) is 0 Å². The Morgan fingerprint density at radius 3 is 1.56 bits per heavy atom. The summed E-state index contributed by atoms with van der Waals surface area (Å²) in [5.41, 5.74) is 3.74. The number of benzene rings is 6. The highest BCUT2D eigenvalue weighted by atomic mass is 31.1. The largest absolute Gasteiger partial charge is 0.408 e. The average molecular weight is 550 g/mol. The van der Waals surface area contributed by atoms with E-state index in [-0.39, 0.29) is 12.1 Å². The molecule has 0 N–H and O–H groups in total. The van der Waals surface area contributed by atoms with Gasteiger partial charge in [0, 0.05) is 16.8 Å². The van der Waals surface area contributed by atoms with E-state index >= 15 is 0 Å². The van der Waals surface area contributed by atoms with Crippen LogP contribution in [0.4, 0.5) is 0 Å². The molecule has 0 spiro atoms. The van der Waals surface area contributed by atoms with Gasteiger partial charge < -0.3 is 8.39 Å². The predicted molar refractivity (Wildman–Crippen MR) is 172 cm³/mol. The van der Waals surface area contributed by atoms with E-state index in [1.165, 1.54) is 0 Å². The Labute approximate surface area is 240 Å². The van der Waals surface area contributed by atoms with Crippen LogP contribution in [0.1, 0.15) is 30.1 Å². The summed E-state index contributed by atoms with van der Waals surface area (Å²) < 4.78 is 16.2. The third-order valence-electron chi connectivity index (χ3n) is 7.79. The van der Waals surface area contributed by atoms with E-state index in [4.69, 9.17) is 14.8 Å².